The number of methoxy groups -OCH3 is 1. The molecule has 0 atom stereocenters. The van der Waals surface area contributed by atoms with Crippen LogP contribution >= 0.6 is 22.6 Å². The summed E-state index contributed by atoms with van der Waals surface area (Å²) in [5, 5.41) is 0. The fraction of sp³-hybridized carbons (Fsp3) is 0.692. The second kappa shape index (κ2) is 6.97. The average Bonchev–Trinajstić information content (AvgIpc) is 2.45. The van der Waals surface area contributed by atoms with E-state index in [9.17, 15) is 4.79 Å². The summed E-state index contributed by atoms with van der Waals surface area (Å²) >= 11 is 1.99. The molecule has 6 nitrogen and oxygen atoms in total. The van der Waals surface area contributed by atoms with Gasteiger partial charge in [0.1, 0.15) is 15.0 Å². The topological polar surface area (TPSA) is 73.4 Å². The minimum absolute atomic E-state index is 0.145. The Morgan fingerprint density at radius 2 is 2.15 bits per heavy atom. The molecule has 0 aliphatic carbocycles. The van der Waals surface area contributed by atoms with Crippen molar-refractivity contribution in [3.8, 4) is 0 Å². The van der Waals surface area contributed by atoms with Crippen molar-refractivity contribution < 1.29 is 14.2 Å². The van der Waals surface area contributed by atoms with Crippen molar-refractivity contribution in [2.24, 2.45) is 0 Å². The lowest BCUT2D eigenvalue weighted by Gasteiger charge is -2.35. The van der Waals surface area contributed by atoms with E-state index in [4.69, 9.17) is 14.2 Å². The molecular formula is C13H19IN2O4. The molecule has 0 aromatic carbocycles. The summed E-state index contributed by atoms with van der Waals surface area (Å²) in [4.78, 5) is 19.5. The average molecular weight is 394 g/mol. The van der Waals surface area contributed by atoms with E-state index in [0.29, 0.717) is 54.4 Å². The van der Waals surface area contributed by atoms with Crippen LogP contribution in [0.1, 0.15) is 31.3 Å². The maximum absolute atomic E-state index is 12.1. The van der Waals surface area contributed by atoms with Crippen LogP contribution in [0, 0.1) is 3.57 Å². The van der Waals surface area contributed by atoms with Crippen LogP contribution in [-0.2, 0) is 26.4 Å². The number of hydrogen-bond donors (Lipinski definition) is 1. The van der Waals surface area contributed by atoms with E-state index in [2.05, 4.69) is 9.97 Å². The molecule has 0 bridgehead atoms. The first-order chi connectivity index (χ1) is 9.63. The molecule has 0 radical (unpaired) electrons. The van der Waals surface area contributed by atoms with Crippen LogP contribution < -0.4 is 5.56 Å². The lowest BCUT2D eigenvalue weighted by molar-refractivity contribution is -0.118. The SMILES string of the molecule is CCOC1(c2nc(COC)c(I)c(=O)[nH]2)CCOCC1. The summed E-state index contributed by atoms with van der Waals surface area (Å²) in [6.45, 7) is 4.03. The summed E-state index contributed by atoms with van der Waals surface area (Å²) < 4.78 is 17.0. The molecule has 1 aromatic rings. The van der Waals surface area contributed by atoms with Crippen molar-refractivity contribution in [1.29, 1.82) is 0 Å². The largest absolute Gasteiger partial charge is 0.381 e. The lowest BCUT2D eigenvalue weighted by Crippen LogP contribution is -2.40. The molecule has 2 heterocycles. The van der Waals surface area contributed by atoms with Crippen LogP contribution in [0.5, 0.6) is 0 Å². The second-order valence-electron chi connectivity index (χ2n) is 4.65. The normalized spacial score (nSPS) is 18.1. The summed E-state index contributed by atoms with van der Waals surface area (Å²) in [5.74, 6) is 0.583. The van der Waals surface area contributed by atoms with Gasteiger partial charge in [0.15, 0.2) is 0 Å². The van der Waals surface area contributed by atoms with Gasteiger partial charge in [-0.2, -0.15) is 0 Å². The number of nitrogens with zero attached hydrogens (tertiary/aromatic N) is 1. The van der Waals surface area contributed by atoms with Gasteiger partial charge in [-0.05, 0) is 29.5 Å². The summed E-state index contributed by atoms with van der Waals surface area (Å²) in [6.07, 6.45) is 1.38. The van der Waals surface area contributed by atoms with Crippen molar-refractivity contribution in [3.63, 3.8) is 0 Å². The maximum atomic E-state index is 12.1. The van der Waals surface area contributed by atoms with Gasteiger partial charge in [-0.15, -0.1) is 0 Å². The van der Waals surface area contributed by atoms with Gasteiger partial charge in [0.05, 0.1) is 12.3 Å². The first-order valence-corrected chi connectivity index (χ1v) is 7.70. The molecule has 1 aromatic heterocycles. The third-order valence-corrected chi connectivity index (χ3v) is 4.48. The van der Waals surface area contributed by atoms with Gasteiger partial charge in [-0.25, -0.2) is 4.98 Å². The number of halogens is 1. The van der Waals surface area contributed by atoms with Crippen molar-refractivity contribution in [2.75, 3.05) is 26.9 Å². The van der Waals surface area contributed by atoms with Crippen LogP contribution in [0.4, 0.5) is 0 Å². The Bertz CT molecular complexity index is 506. The minimum Gasteiger partial charge on any atom is -0.381 e. The Hall–Kier alpha value is -0.510. The van der Waals surface area contributed by atoms with Gasteiger partial charge in [0, 0.05) is 39.8 Å². The first-order valence-electron chi connectivity index (χ1n) is 6.63. The third-order valence-electron chi connectivity index (χ3n) is 3.37. The lowest BCUT2D eigenvalue weighted by atomic mass is 9.93. The molecule has 2 rings (SSSR count). The zero-order valence-corrected chi connectivity index (χ0v) is 13.9. The van der Waals surface area contributed by atoms with E-state index in [1.54, 1.807) is 7.11 Å². The molecule has 7 heteroatoms. The van der Waals surface area contributed by atoms with Gasteiger partial charge in [0.25, 0.3) is 5.56 Å². The van der Waals surface area contributed by atoms with Gasteiger partial charge in [-0.1, -0.05) is 0 Å². The van der Waals surface area contributed by atoms with E-state index < -0.39 is 5.60 Å². The summed E-state index contributed by atoms with van der Waals surface area (Å²) in [6, 6.07) is 0. The van der Waals surface area contributed by atoms with E-state index >= 15 is 0 Å². The van der Waals surface area contributed by atoms with Gasteiger partial charge in [0.2, 0.25) is 0 Å². The van der Waals surface area contributed by atoms with Crippen LogP contribution in [0.2, 0.25) is 0 Å². The molecule has 0 saturated carbocycles. The van der Waals surface area contributed by atoms with Crippen LogP contribution in [0.25, 0.3) is 0 Å². The van der Waals surface area contributed by atoms with E-state index in [-0.39, 0.29) is 5.56 Å². The fourth-order valence-electron chi connectivity index (χ4n) is 2.38. The Kier molecular flexibility index (Phi) is 5.53. The van der Waals surface area contributed by atoms with Crippen molar-refractivity contribution in [1.82, 2.24) is 9.97 Å². The Labute approximate surface area is 131 Å². The first kappa shape index (κ1) is 15.9. The minimum atomic E-state index is -0.557. The van der Waals surface area contributed by atoms with Gasteiger partial charge < -0.3 is 19.2 Å². The Morgan fingerprint density at radius 3 is 2.75 bits per heavy atom. The van der Waals surface area contributed by atoms with E-state index in [1.807, 2.05) is 29.5 Å². The second-order valence-corrected chi connectivity index (χ2v) is 5.73. The van der Waals surface area contributed by atoms with E-state index in [0.717, 1.165) is 0 Å². The number of H-pyrrole nitrogens is 1. The molecule has 1 N–H and O–H groups in total. The Morgan fingerprint density at radius 1 is 1.45 bits per heavy atom. The van der Waals surface area contributed by atoms with Gasteiger partial charge in [-0.3, -0.25) is 4.79 Å². The molecule has 1 saturated heterocycles. The monoisotopic (exact) mass is 394 g/mol. The summed E-state index contributed by atoms with van der Waals surface area (Å²) in [7, 11) is 1.59. The molecule has 20 heavy (non-hydrogen) atoms. The number of ether oxygens (including phenoxy) is 3. The van der Waals surface area contributed by atoms with Crippen LogP contribution in [-0.4, -0.2) is 36.9 Å². The predicted octanol–water partition coefficient (Wildman–Crippen LogP) is 1.56. The molecule has 0 unspecified atom stereocenters. The number of rotatable bonds is 5. The predicted molar refractivity (Wildman–Crippen MR) is 81.6 cm³/mol. The highest BCUT2D eigenvalue weighted by Crippen LogP contribution is 2.33. The number of aromatic amines is 1. The van der Waals surface area contributed by atoms with E-state index in [1.165, 1.54) is 0 Å². The molecule has 0 spiro atoms. The van der Waals surface area contributed by atoms with Gasteiger partial charge >= 0.3 is 0 Å². The van der Waals surface area contributed by atoms with Crippen LogP contribution in [0.3, 0.4) is 0 Å². The standard InChI is InChI=1S/C13H19IN2O4/c1-3-20-13(4-6-19-7-5-13)12-15-9(8-18-2)10(14)11(17)16-12/h3-8H2,1-2H3,(H,15,16,17). The molecule has 0 amide bonds. The third kappa shape index (κ3) is 3.21. The quantitative estimate of drug-likeness (QED) is 0.768. The summed E-state index contributed by atoms with van der Waals surface area (Å²) in [5.41, 5.74) is -0.0513. The smallest absolute Gasteiger partial charge is 0.264 e. The van der Waals surface area contributed by atoms with Crippen LogP contribution in [0.15, 0.2) is 4.79 Å². The molecular weight excluding hydrogens is 375 g/mol. The Balaban J connectivity index is 2.45. The zero-order chi connectivity index (χ0) is 14.6. The number of hydrogen-bond acceptors (Lipinski definition) is 5. The van der Waals surface area contributed by atoms with Crippen molar-refractivity contribution in [2.45, 2.75) is 32.0 Å². The maximum Gasteiger partial charge on any atom is 0.264 e. The highest BCUT2D eigenvalue weighted by molar-refractivity contribution is 14.1. The highest BCUT2D eigenvalue weighted by Gasteiger charge is 2.38. The number of nitrogens with one attached hydrogen (secondary N) is 1. The molecule has 1 aliphatic heterocycles. The fourth-order valence-corrected chi connectivity index (χ4v) is 2.79. The zero-order valence-electron chi connectivity index (χ0n) is 11.7. The molecule has 112 valence electrons. The highest BCUT2D eigenvalue weighted by atomic mass is 127. The van der Waals surface area contributed by atoms with Crippen molar-refractivity contribution >= 4 is 22.6 Å². The number of aromatic nitrogens is 2. The van der Waals surface area contributed by atoms with Crippen molar-refractivity contribution in [3.05, 3.63) is 25.4 Å². The molecule has 1 fully saturated rings. The molecule has 1 aliphatic rings.